The van der Waals surface area contributed by atoms with Gasteiger partial charge >= 0.3 is 0 Å². The minimum atomic E-state index is 0.241. The molecule has 3 nitrogen and oxygen atoms in total. The van der Waals surface area contributed by atoms with Crippen molar-refractivity contribution in [3.05, 3.63) is 16.4 Å². The molecule has 0 amide bonds. The molecule has 0 saturated heterocycles. The maximum Gasteiger partial charge on any atom is 0.102 e. The fraction of sp³-hybridized carbons (Fsp3) is 0.727. The average molecular weight is 275 g/mol. The molecule has 86 valence electrons. The highest BCUT2D eigenvalue weighted by molar-refractivity contribution is 9.10. The van der Waals surface area contributed by atoms with Crippen LogP contribution < -0.4 is 0 Å². The largest absolute Gasteiger partial charge is 0.372 e. The van der Waals surface area contributed by atoms with E-state index < -0.39 is 0 Å². The van der Waals surface area contributed by atoms with Crippen molar-refractivity contribution in [1.82, 2.24) is 9.78 Å². The lowest BCUT2D eigenvalue weighted by molar-refractivity contribution is 0.0628. The molecule has 0 spiro atoms. The van der Waals surface area contributed by atoms with Gasteiger partial charge in [-0.05, 0) is 43.1 Å². The van der Waals surface area contributed by atoms with Crippen LogP contribution >= 0.6 is 15.9 Å². The number of nitrogens with zero attached hydrogens (tertiary/aromatic N) is 2. The van der Waals surface area contributed by atoms with E-state index in [1.165, 1.54) is 0 Å². The van der Waals surface area contributed by atoms with Crippen LogP contribution in [0.2, 0.25) is 0 Å². The van der Waals surface area contributed by atoms with Crippen LogP contribution in [0.25, 0.3) is 0 Å². The molecule has 0 aliphatic rings. The summed E-state index contributed by atoms with van der Waals surface area (Å²) in [4.78, 5) is 0. The molecule has 0 aliphatic heterocycles. The summed E-state index contributed by atoms with van der Waals surface area (Å²) < 4.78 is 8.55. The van der Waals surface area contributed by atoms with Crippen molar-refractivity contribution >= 4 is 15.9 Å². The molecule has 0 aromatic carbocycles. The van der Waals surface area contributed by atoms with Crippen LogP contribution in [0.3, 0.4) is 0 Å². The first kappa shape index (κ1) is 12.7. The fourth-order valence-electron chi connectivity index (χ4n) is 1.16. The van der Waals surface area contributed by atoms with Gasteiger partial charge in [-0.1, -0.05) is 6.92 Å². The Morgan fingerprint density at radius 3 is 2.67 bits per heavy atom. The van der Waals surface area contributed by atoms with E-state index in [9.17, 15) is 0 Å². The van der Waals surface area contributed by atoms with Crippen molar-refractivity contribution < 1.29 is 4.74 Å². The standard InChI is InChI=1S/C11H19BrN2O/c1-5-9(4)14-6-10(12)11(13-14)7-15-8(2)3/h6,8-9H,5,7H2,1-4H3/t9-/m0/s1. The molecule has 0 bridgehead atoms. The second-order valence-corrected chi connectivity index (χ2v) is 4.88. The summed E-state index contributed by atoms with van der Waals surface area (Å²) in [6.07, 6.45) is 3.34. The summed E-state index contributed by atoms with van der Waals surface area (Å²) in [5, 5.41) is 4.50. The Balaban J connectivity index is 2.68. The SMILES string of the molecule is CC[C@H](C)n1cc(Br)c(COC(C)C)n1. The second-order valence-electron chi connectivity index (χ2n) is 4.02. The van der Waals surface area contributed by atoms with Gasteiger partial charge in [0.05, 0.1) is 17.2 Å². The van der Waals surface area contributed by atoms with Crippen LogP contribution in [0, 0.1) is 0 Å². The van der Waals surface area contributed by atoms with Crippen molar-refractivity contribution in [1.29, 1.82) is 0 Å². The van der Waals surface area contributed by atoms with Crippen molar-refractivity contribution in [2.45, 2.75) is 52.9 Å². The third-order valence-electron chi connectivity index (χ3n) is 2.35. The Labute approximate surface area is 99.9 Å². The molecule has 1 aromatic rings. The van der Waals surface area contributed by atoms with Crippen molar-refractivity contribution in [2.24, 2.45) is 0 Å². The van der Waals surface area contributed by atoms with E-state index in [1.54, 1.807) is 0 Å². The summed E-state index contributed by atoms with van der Waals surface area (Å²) in [6, 6.07) is 0.439. The molecule has 4 heteroatoms. The molecular weight excluding hydrogens is 256 g/mol. The van der Waals surface area contributed by atoms with Gasteiger partial charge in [0, 0.05) is 12.2 Å². The van der Waals surface area contributed by atoms with Crippen LogP contribution in [-0.2, 0) is 11.3 Å². The maximum atomic E-state index is 5.53. The van der Waals surface area contributed by atoms with Crippen LogP contribution in [-0.4, -0.2) is 15.9 Å². The molecule has 0 aliphatic carbocycles. The fourth-order valence-corrected chi connectivity index (χ4v) is 1.57. The first-order valence-electron chi connectivity index (χ1n) is 5.39. The first-order valence-corrected chi connectivity index (χ1v) is 6.19. The van der Waals surface area contributed by atoms with E-state index in [1.807, 2.05) is 24.7 Å². The monoisotopic (exact) mass is 274 g/mol. The Bertz CT molecular complexity index is 310. The van der Waals surface area contributed by atoms with Gasteiger partial charge < -0.3 is 4.74 Å². The summed E-state index contributed by atoms with van der Waals surface area (Å²) in [5.41, 5.74) is 0.976. The molecule has 0 fully saturated rings. The molecule has 0 N–H and O–H groups in total. The highest BCUT2D eigenvalue weighted by atomic mass is 79.9. The third-order valence-corrected chi connectivity index (χ3v) is 3.02. The Kier molecular flexibility index (Phi) is 4.80. The summed E-state index contributed by atoms with van der Waals surface area (Å²) in [5.74, 6) is 0. The van der Waals surface area contributed by atoms with Gasteiger partial charge in [-0.3, -0.25) is 4.68 Å². The number of hydrogen-bond acceptors (Lipinski definition) is 2. The summed E-state index contributed by atoms with van der Waals surface area (Å²) in [7, 11) is 0. The highest BCUT2D eigenvalue weighted by Crippen LogP contribution is 2.20. The summed E-state index contributed by atoms with van der Waals surface area (Å²) in [6.45, 7) is 8.94. The smallest absolute Gasteiger partial charge is 0.102 e. The Hall–Kier alpha value is -0.350. The number of ether oxygens (including phenoxy) is 1. The van der Waals surface area contributed by atoms with Gasteiger partial charge in [-0.2, -0.15) is 5.10 Å². The van der Waals surface area contributed by atoms with Crippen molar-refractivity contribution in [3.63, 3.8) is 0 Å². The molecular formula is C11H19BrN2O. The topological polar surface area (TPSA) is 27.1 Å². The van der Waals surface area contributed by atoms with E-state index in [0.717, 1.165) is 16.6 Å². The van der Waals surface area contributed by atoms with Gasteiger partial charge in [-0.25, -0.2) is 0 Å². The van der Waals surface area contributed by atoms with Gasteiger partial charge in [0.1, 0.15) is 5.69 Å². The Morgan fingerprint density at radius 2 is 2.13 bits per heavy atom. The summed E-state index contributed by atoms with van der Waals surface area (Å²) >= 11 is 3.50. The quantitative estimate of drug-likeness (QED) is 0.821. The lowest BCUT2D eigenvalue weighted by atomic mass is 10.3. The highest BCUT2D eigenvalue weighted by Gasteiger charge is 2.10. The molecule has 0 unspecified atom stereocenters. The van der Waals surface area contributed by atoms with Gasteiger partial charge in [0.2, 0.25) is 0 Å². The van der Waals surface area contributed by atoms with Crippen LogP contribution in [0.5, 0.6) is 0 Å². The molecule has 1 atom stereocenters. The molecule has 0 saturated carbocycles. The van der Waals surface area contributed by atoms with E-state index >= 15 is 0 Å². The minimum absolute atomic E-state index is 0.241. The minimum Gasteiger partial charge on any atom is -0.372 e. The van der Waals surface area contributed by atoms with Gasteiger partial charge in [0.15, 0.2) is 0 Å². The predicted molar refractivity (Wildman–Crippen MR) is 64.9 cm³/mol. The zero-order valence-corrected chi connectivity index (χ0v) is 11.4. The number of hydrogen-bond donors (Lipinski definition) is 0. The zero-order chi connectivity index (χ0) is 11.4. The number of rotatable bonds is 5. The van der Waals surface area contributed by atoms with E-state index in [-0.39, 0.29) is 6.10 Å². The van der Waals surface area contributed by atoms with Gasteiger partial charge in [-0.15, -0.1) is 0 Å². The normalized spacial score (nSPS) is 13.5. The first-order chi connectivity index (χ1) is 7.04. The van der Waals surface area contributed by atoms with Crippen LogP contribution in [0.15, 0.2) is 10.7 Å². The molecule has 15 heavy (non-hydrogen) atoms. The molecule has 1 heterocycles. The second kappa shape index (κ2) is 5.66. The lowest BCUT2D eigenvalue weighted by Gasteiger charge is -2.08. The van der Waals surface area contributed by atoms with Crippen LogP contribution in [0.4, 0.5) is 0 Å². The average Bonchev–Trinajstić information content (AvgIpc) is 2.55. The van der Waals surface area contributed by atoms with E-state index in [0.29, 0.717) is 12.6 Å². The van der Waals surface area contributed by atoms with Crippen molar-refractivity contribution in [3.8, 4) is 0 Å². The molecule has 0 radical (unpaired) electrons. The van der Waals surface area contributed by atoms with E-state index in [2.05, 4.69) is 34.9 Å². The lowest BCUT2D eigenvalue weighted by Crippen LogP contribution is -2.06. The third kappa shape index (κ3) is 3.61. The molecule has 1 aromatic heterocycles. The molecule has 1 rings (SSSR count). The number of halogens is 1. The van der Waals surface area contributed by atoms with E-state index in [4.69, 9.17) is 4.74 Å². The maximum absolute atomic E-state index is 5.53. The van der Waals surface area contributed by atoms with Gasteiger partial charge in [0.25, 0.3) is 0 Å². The number of aromatic nitrogens is 2. The predicted octanol–water partition coefficient (Wildman–Crippen LogP) is 3.54. The zero-order valence-electron chi connectivity index (χ0n) is 9.83. The van der Waals surface area contributed by atoms with Crippen LogP contribution in [0.1, 0.15) is 45.9 Å². The van der Waals surface area contributed by atoms with Crippen molar-refractivity contribution in [2.75, 3.05) is 0 Å². The Morgan fingerprint density at radius 1 is 1.47 bits per heavy atom.